The molecule has 1 aromatic carbocycles. The van der Waals surface area contributed by atoms with Gasteiger partial charge in [0.2, 0.25) is 0 Å². The number of ether oxygens (including phenoxy) is 2. The Labute approximate surface area is 106 Å². The quantitative estimate of drug-likeness (QED) is 0.719. The molecule has 2 aliphatic heterocycles. The molecule has 4 atom stereocenters. The molecule has 1 N–H and O–H groups in total. The van der Waals surface area contributed by atoms with Gasteiger partial charge in [-0.05, 0) is 5.46 Å². The van der Waals surface area contributed by atoms with Crippen LogP contribution in [0.1, 0.15) is 0 Å². The van der Waals surface area contributed by atoms with Crippen molar-refractivity contribution in [2.45, 2.75) is 24.6 Å². The van der Waals surface area contributed by atoms with Crippen LogP contribution in [0.5, 0.6) is 0 Å². The Morgan fingerprint density at radius 3 is 2.78 bits per heavy atom. The van der Waals surface area contributed by atoms with Crippen LogP contribution >= 0.6 is 0 Å². The predicted molar refractivity (Wildman–Crippen MR) is 64.3 cm³/mol. The Balaban J connectivity index is 1.81. The lowest BCUT2D eigenvalue weighted by Gasteiger charge is -2.45. The first-order valence-electron chi connectivity index (χ1n) is 5.98. The molecule has 2 fully saturated rings. The number of fused-ring (bicyclic) bond motifs is 2. The monoisotopic (exact) mass is 250 g/mol. The fourth-order valence-corrected chi connectivity index (χ4v) is 2.32. The molecule has 0 radical (unpaired) electrons. The molecule has 18 heavy (non-hydrogen) atoms. The molecule has 4 unspecified atom stereocenters. The van der Waals surface area contributed by atoms with Gasteiger partial charge in [-0.2, -0.15) is 0 Å². The zero-order chi connectivity index (χ0) is 12.5. The van der Waals surface area contributed by atoms with Crippen molar-refractivity contribution < 1.29 is 23.9 Å². The molecule has 2 bridgehead atoms. The van der Waals surface area contributed by atoms with Crippen molar-refractivity contribution in [3.8, 4) is 0 Å². The molecular formula is C12H15BO5. The van der Waals surface area contributed by atoms with E-state index in [4.69, 9.17) is 18.8 Å². The minimum atomic E-state index is -0.719. The second kappa shape index (κ2) is 4.99. The summed E-state index contributed by atoms with van der Waals surface area (Å²) in [5.41, 5.74) is 0.927. The first-order valence-corrected chi connectivity index (χ1v) is 5.98. The largest absolute Gasteiger partial charge is 0.494 e. The molecule has 6 heteroatoms. The summed E-state index contributed by atoms with van der Waals surface area (Å²) in [6, 6.07) is 9.64. The van der Waals surface area contributed by atoms with Crippen molar-refractivity contribution in [1.82, 2.24) is 0 Å². The van der Waals surface area contributed by atoms with E-state index in [-0.39, 0.29) is 6.10 Å². The van der Waals surface area contributed by atoms with E-state index >= 15 is 0 Å². The maximum Gasteiger partial charge on any atom is 0.494 e. The van der Waals surface area contributed by atoms with Crippen LogP contribution in [0.2, 0.25) is 0 Å². The highest BCUT2D eigenvalue weighted by Crippen LogP contribution is 2.26. The first-order chi connectivity index (χ1) is 8.79. The van der Waals surface area contributed by atoms with Crippen molar-refractivity contribution in [1.29, 1.82) is 0 Å². The van der Waals surface area contributed by atoms with Crippen LogP contribution < -0.4 is 5.46 Å². The van der Waals surface area contributed by atoms with Crippen molar-refractivity contribution >= 4 is 12.6 Å². The molecule has 1 aromatic rings. The number of methoxy groups -OCH3 is 1. The summed E-state index contributed by atoms with van der Waals surface area (Å²) < 4.78 is 22.0. The average Bonchev–Trinajstić information content (AvgIpc) is 2.40. The summed E-state index contributed by atoms with van der Waals surface area (Å²) in [6.45, 7) is 0.308. The van der Waals surface area contributed by atoms with Gasteiger partial charge in [0, 0.05) is 7.11 Å². The number of rotatable bonds is 2. The summed E-state index contributed by atoms with van der Waals surface area (Å²) in [6.07, 6.45) is -2.16. The minimum absolute atomic E-state index is 0.308. The normalized spacial score (nSPS) is 35.6. The summed E-state index contributed by atoms with van der Waals surface area (Å²) in [5.74, 6) is 0. The highest BCUT2D eigenvalue weighted by molar-refractivity contribution is 6.61. The summed E-state index contributed by atoms with van der Waals surface area (Å²) in [7, 11) is 1.06. The third-order valence-corrected chi connectivity index (χ3v) is 3.29. The van der Waals surface area contributed by atoms with Gasteiger partial charge in [0.25, 0.3) is 0 Å². The Bertz CT molecular complexity index is 399. The Kier molecular flexibility index (Phi) is 3.36. The van der Waals surface area contributed by atoms with Crippen molar-refractivity contribution in [2.24, 2.45) is 0 Å². The highest BCUT2D eigenvalue weighted by atomic mass is 16.7. The molecule has 0 aliphatic carbocycles. The molecule has 96 valence electrons. The molecular weight excluding hydrogens is 235 g/mol. The predicted octanol–water partition coefficient (Wildman–Crippen LogP) is -0.471. The third-order valence-electron chi connectivity index (χ3n) is 3.29. The fraction of sp³-hybridized carbons (Fsp3) is 0.500. The number of hydrogen-bond donors (Lipinski definition) is 1. The molecule has 0 saturated carbocycles. The van der Waals surface area contributed by atoms with E-state index in [1.54, 1.807) is 0 Å². The van der Waals surface area contributed by atoms with E-state index in [1.165, 1.54) is 7.11 Å². The van der Waals surface area contributed by atoms with Crippen LogP contribution in [0.25, 0.3) is 0 Å². The lowest BCUT2D eigenvalue weighted by atomic mass is 9.76. The van der Waals surface area contributed by atoms with E-state index < -0.39 is 25.6 Å². The summed E-state index contributed by atoms with van der Waals surface area (Å²) in [5, 5.41) is 10.0. The van der Waals surface area contributed by atoms with Gasteiger partial charge >= 0.3 is 7.12 Å². The highest BCUT2D eigenvalue weighted by Gasteiger charge is 2.49. The second-order valence-corrected chi connectivity index (χ2v) is 4.45. The molecule has 2 saturated heterocycles. The molecule has 5 nitrogen and oxygen atoms in total. The average molecular weight is 250 g/mol. The van der Waals surface area contributed by atoms with Gasteiger partial charge < -0.3 is 23.9 Å². The Hall–Kier alpha value is -0.915. The Morgan fingerprint density at radius 1 is 1.28 bits per heavy atom. The van der Waals surface area contributed by atoms with E-state index in [1.807, 2.05) is 30.3 Å². The molecule has 2 heterocycles. The SMILES string of the molecule is COC1OCC2OB(c3ccccc3)OC1C2O. The van der Waals surface area contributed by atoms with E-state index in [9.17, 15) is 5.11 Å². The maximum atomic E-state index is 10.0. The third kappa shape index (κ3) is 2.06. The van der Waals surface area contributed by atoms with Gasteiger partial charge in [0.15, 0.2) is 6.29 Å². The molecule has 0 aromatic heterocycles. The number of hydrogen-bond acceptors (Lipinski definition) is 5. The molecule has 2 aliphatic rings. The van der Waals surface area contributed by atoms with Gasteiger partial charge in [-0.15, -0.1) is 0 Å². The van der Waals surface area contributed by atoms with Gasteiger partial charge in [-0.25, -0.2) is 0 Å². The van der Waals surface area contributed by atoms with Gasteiger partial charge in [0.05, 0.1) is 12.7 Å². The topological polar surface area (TPSA) is 57.2 Å². The Morgan fingerprint density at radius 2 is 2.06 bits per heavy atom. The van der Waals surface area contributed by atoms with Gasteiger partial charge in [-0.3, -0.25) is 0 Å². The zero-order valence-electron chi connectivity index (χ0n) is 10.1. The van der Waals surface area contributed by atoms with Crippen LogP contribution in [0.3, 0.4) is 0 Å². The zero-order valence-corrected chi connectivity index (χ0v) is 10.1. The van der Waals surface area contributed by atoms with E-state index in [0.29, 0.717) is 6.61 Å². The van der Waals surface area contributed by atoms with Crippen LogP contribution in [0, 0.1) is 0 Å². The summed E-state index contributed by atoms with van der Waals surface area (Å²) >= 11 is 0. The molecule has 3 rings (SSSR count). The lowest BCUT2D eigenvalue weighted by molar-refractivity contribution is -0.273. The van der Waals surface area contributed by atoms with Crippen LogP contribution in [0.15, 0.2) is 30.3 Å². The smallest absolute Gasteiger partial charge is 0.399 e. The standard InChI is InChI=1S/C12H15BO5/c1-15-12-11-10(14)9(7-16-12)17-13(18-11)8-5-3-2-4-6-8/h2-6,9-12,14H,7H2,1H3. The minimum Gasteiger partial charge on any atom is -0.399 e. The maximum absolute atomic E-state index is 10.0. The van der Waals surface area contributed by atoms with Crippen LogP contribution in [-0.4, -0.2) is 50.5 Å². The lowest BCUT2D eigenvalue weighted by Crippen LogP contribution is -2.65. The van der Waals surface area contributed by atoms with Crippen molar-refractivity contribution in [3.63, 3.8) is 0 Å². The van der Waals surface area contributed by atoms with Crippen molar-refractivity contribution in [2.75, 3.05) is 13.7 Å². The van der Waals surface area contributed by atoms with Crippen LogP contribution in [-0.2, 0) is 18.8 Å². The number of benzene rings is 1. The van der Waals surface area contributed by atoms with Gasteiger partial charge in [-0.1, -0.05) is 30.3 Å². The number of aliphatic hydroxyl groups is 1. The number of aliphatic hydroxyl groups excluding tert-OH is 1. The fourth-order valence-electron chi connectivity index (χ4n) is 2.32. The van der Waals surface area contributed by atoms with Gasteiger partial charge in [0.1, 0.15) is 12.2 Å². The van der Waals surface area contributed by atoms with E-state index in [2.05, 4.69) is 0 Å². The molecule has 0 amide bonds. The molecule has 0 spiro atoms. The second-order valence-electron chi connectivity index (χ2n) is 4.45. The first kappa shape index (κ1) is 12.1. The summed E-state index contributed by atoms with van der Waals surface area (Å²) in [4.78, 5) is 0. The van der Waals surface area contributed by atoms with Crippen molar-refractivity contribution in [3.05, 3.63) is 30.3 Å². The van der Waals surface area contributed by atoms with E-state index in [0.717, 1.165) is 5.46 Å². The van der Waals surface area contributed by atoms with Crippen LogP contribution in [0.4, 0.5) is 0 Å².